The van der Waals surface area contributed by atoms with E-state index in [0.29, 0.717) is 12.1 Å². The van der Waals surface area contributed by atoms with Crippen LogP contribution < -0.4 is 11.1 Å². The molecule has 0 bridgehead atoms. The molecular weight excluding hydrogens is 214 g/mol. The summed E-state index contributed by atoms with van der Waals surface area (Å²) in [4.78, 5) is 4.32. The van der Waals surface area contributed by atoms with Gasteiger partial charge in [-0.15, -0.1) is 0 Å². The Hall–Kier alpha value is -0.770. The lowest BCUT2D eigenvalue weighted by molar-refractivity contribution is 0.0105. The van der Waals surface area contributed by atoms with Gasteiger partial charge in [0.1, 0.15) is 0 Å². The minimum absolute atomic E-state index is 0.0138. The molecule has 1 heterocycles. The largest absolute Gasteiger partial charge is 0.378 e. The van der Waals surface area contributed by atoms with Crippen molar-refractivity contribution in [1.82, 2.24) is 5.32 Å². The van der Waals surface area contributed by atoms with Gasteiger partial charge >= 0.3 is 0 Å². The molecule has 0 spiro atoms. The average molecular weight is 241 g/mol. The zero-order chi connectivity index (χ0) is 12.7. The summed E-state index contributed by atoms with van der Waals surface area (Å²) in [5.41, 5.74) is 5.77. The predicted molar refractivity (Wildman–Crippen MR) is 72.2 cm³/mol. The van der Waals surface area contributed by atoms with Gasteiger partial charge in [-0.25, -0.2) is 0 Å². The maximum atomic E-state index is 5.79. The van der Waals surface area contributed by atoms with Gasteiger partial charge in [0.15, 0.2) is 5.96 Å². The van der Waals surface area contributed by atoms with Gasteiger partial charge in [-0.1, -0.05) is 0 Å². The number of guanidine groups is 1. The van der Waals surface area contributed by atoms with E-state index in [4.69, 9.17) is 10.5 Å². The van der Waals surface area contributed by atoms with Crippen LogP contribution in [0.5, 0.6) is 0 Å². The van der Waals surface area contributed by atoms with Crippen LogP contribution in [0.3, 0.4) is 0 Å². The van der Waals surface area contributed by atoms with Gasteiger partial charge in [0.25, 0.3) is 0 Å². The summed E-state index contributed by atoms with van der Waals surface area (Å²) in [7, 11) is 0. The van der Waals surface area contributed by atoms with Crippen molar-refractivity contribution < 1.29 is 4.74 Å². The minimum Gasteiger partial charge on any atom is -0.378 e. The number of hydrogen-bond donors (Lipinski definition) is 2. The van der Waals surface area contributed by atoms with E-state index in [1.54, 1.807) is 0 Å². The third kappa shape index (κ3) is 7.21. The number of hydrogen-bond acceptors (Lipinski definition) is 2. The van der Waals surface area contributed by atoms with Crippen molar-refractivity contribution in [2.75, 3.05) is 13.2 Å². The molecule has 0 amide bonds. The fraction of sp³-hybridized carbons (Fsp3) is 0.923. The Balaban J connectivity index is 2.11. The van der Waals surface area contributed by atoms with E-state index in [0.717, 1.165) is 26.0 Å². The van der Waals surface area contributed by atoms with Crippen LogP contribution in [0.1, 0.15) is 52.9 Å². The summed E-state index contributed by atoms with van der Waals surface area (Å²) in [6.07, 6.45) is 6.34. The van der Waals surface area contributed by atoms with E-state index >= 15 is 0 Å². The molecule has 1 aliphatic heterocycles. The molecule has 4 nitrogen and oxygen atoms in total. The van der Waals surface area contributed by atoms with Crippen LogP contribution in [0.25, 0.3) is 0 Å². The summed E-state index contributed by atoms with van der Waals surface area (Å²) in [6, 6.07) is 0. The third-order valence-electron chi connectivity index (χ3n) is 2.74. The number of ether oxygens (including phenoxy) is 1. The number of nitrogens with two attached hydrogens (primary N) is 1. The quantitative estimate of drug-likeness (QED) is 0.450. The van der Waals surface area contributed by atoms with Gasteiger partial charge in [-0.2, -0.15) is 0 Å². The molecule has 1 aliphatic rings. The Morgan fingerprint density at radius 3 is 2.76 bits per heavy atom. The predicted octanol–water partition coefficient (Wildman–Crippen LogP) is 2.04. The number of aliphatic imine (C=N–C) groups is 1. The molecule has 4 heteroatoms. The topological polar surface area (TPSA) is 59.6 Å². The van der Waals surface area contributed by atoms with Crippen LogP contribution in [0.2, 0.25) is 0 Å². The fourth-order valence-corrected chi connectivity index (χ4v) is 1.98. The van der Waals surface area contributed by atoms with Crippen LogP contribution >= 0.6 is 0 Å². The molecular formula is C13H27N3O. The normalized spacial score (nSPS) is 22.5. The molecule has 0 radical (unpaired) electrons. The first-order valence-corrected chi connectivity index (χ1v) is 6.67. The van der Waals surface area contributed by atoms with Crippen LogP contribution in [0.15, 0.2) is 4.99 Å². The molecule has 1 unspecified atom stereocenters. The second-order valence-corrected chi connectivity index (χ2v) is 5.77. The first-order valence-electron chi connectivity index (χ1n) is 6.67. The molecule has 0 aromatic rings. The van der Waals surface area contributed by atoms with Crippen molar-refractivity contribution in [3.8, 4) is 0 Å². The summed E-state index contributed by atoms with van der Waals surface area (Å²) in [6.45, 7) is 7.94. The van der Waals surface area contributed by atoms with E-state index in [1.807, 2.05) is 0 Å². The lowest BCUT2D eigenvalue weighted by Gasteiger charge is -2.22. The standard InChI is InChI=1S/C13H27N3O/c1-13(2,3)16-12(14)15-9-6-8-11-7-4-5-10-17-11/h11H,4-10H2,1-3H3,(H3,14,15,16). The van der Waals surface area contributed by atoms with Gasteiger partial charge in [-0.05, 0) is 52.9 Å². The van der Waals surface area contributed by atoms with Crippen LogP contribution in [0, 0.1) is 0 Å². The van der Waals surface area contributed by atoms with Gasteiger partial charge in [0, 0.05) is 18.7 Å². The van der Waals surface area contributed by atoms with Gasteiger partial charge in [-0.3, -0.25) is 4.99 Å². The SMILES string of the molecule is CC(C)(C)NC(N)=NCCCC1CCCCO1. The first-order chi connectivity index (χ1) is 7.97. The molecule has 0 aliphatic carbocycles. The second kappa shape index (κ2) is 6.84. The maximum Gasteiger partial charge on any atom is 0.188 e. The van der Waals surface area contributed by atoms with Crippen LogP contribution in [-0.4, -0.2) is 30.8 Å². The lowest BCUT2D eigenvalue weighted by Crippen LogP contribution is -2.45. The van der Waals surface area contributed by atoms with Crippen molar-refractivity contribution in [3.05, 3.63) is 0 Å². The summed E-state index contributed by atoms with van der Waals surface area (Å²) in [5.74, 6) is 0.544. The Bertz CT molecular complexity index is 240. The summed E-state index contributed by atoms with van der Waals surface area (Å²) >= 11 is 0. The Morgan fingerprint density at radius 2 is 2.18 bits per heavy atom. The first kappa shape index (κ1) is 14.3. The number of nitrogens with one attached hydrogen (secondary N) is 1. The van der Waals surface area contributed by atoms with Gasteiger partial charge in [0.05, 0.1) is 6.10 Å². The zero-order valence-corrected chi connectivity index (χ0v) is 11.5. The number of rotatable bonds is 4. The molecule has 1 rings (SSSR count). The monoisotopic (exact) mass is 241 g/mol. The lowest BCUT2D eigenvalue weighted by atomic mass is 10.1. The van der Waals surface area contributed by atoms with E-state index in [1.165, 1.54) is 19.3 Å². The molecule has 1 fully saturated rings. The van der Waals surface area contributed by atoms with Crippen molar-refractivity contribution in [3.63, 3.8) is 0 Å². The molecule has 1 atom stereocenters. The minimum atomic E-state index is -0.0138. The Morgan fingerprint density at radius 1 is 1.41 bits per heavy atom. The smallest absolute Gasteiger partial charge is 0.188 e. The summed E-state index contributed by atoms with van der Waals surface area (Å²) in [5, 5.41) is 3.15. The number of nitrogens with zero attached hydrogens (tertiary/aromatic N) is 1. The van der Waals surface area contributed by atoms with Gasteiger partial charge in [0.2, 0.25) is 0 Å². The zero-order valence-electron chi connectivity index (χ0n) is 11.5. The van der Waals surface area contributed by atoms with E-state index in [9.17, 15) is 0 Å². The van der Waals surface area contributed by atoms with Crippen LogP contribution in [-0.2, 0) is 4.74 Å². The molecule has 0 aromatic carbocycles. The van der Waals surface area contributed by atoms with Crippen molar-refractivity contribution in [2.24, 2.45) is 10.7 Å². The highest BCUT2D eigenvalue weighted by atomic mass is 16.5. The third-order valence-corrected chi connectivity index (χ3v) is 2.74. The molecule has 17 heavy (non-hydrogen) atoms. The highest BCUT2D eigenvalue weighted by Gasteiger charge is 2.13. The highest BCUT2D eigenvalue weighted by molar-refractivity contribution is 5.78. The average Bonchev–Trinajstić information content (AvgIpc) is 2.23. The molecule has 0 saturated carbocycles. The van der Waals surface area contributed by atoms with E-state index in [2.05, 4.69) is 31.1 Å². The van der Waals surface area contributed by atoms with Crippen molar-refractivity contribution in [1.29, 1.82) is 0 Å². The highest BCUT2D eigenvalue weighted by Crippen LogP contribution is 2.16. The Labute approximate surface area is 105 Å². The van der Waals surface area contributed by atoms with Crippen molar-refractivity contribution >= 4 is 5.96 Å². The van der Waals surface area contributed by atoms with Crippen LogP contribution in [0.4, 0.5) is 0 Å². The maximum absolute atomic E-state index is 5.79. The molecule has 1 saturated heterocycles. The second-order valence-electron chi connectivity index (χ2n) is 5.77. The Kier molecular flexibility index (Phi) is 5.75. The molecule has 100 valence electrons. The molecule has 0 aromatic heterocycles. The molecule has 3 N–H and O–H groups in total. The van der Waals surface area contributed by atoms with Gasteiger partial charge < -0.3 is 15.8 Å². The van der Waals surface area contributed by atoms with E-state index < -0.39 is 0 Å². The summed E-state index contributed by atoms with van der Waals surface area (Å²) < 4.78 is 5.67. The van der Waals surface area contributed by atoms with E-state index in [-0.39, 0.29) is 5.54 Å². The fourth-order valence-electron chi connectivity index (χ4n) is 1.98. The van der Waals surface area contributed by atoms with Crippen molar-refractivity contribution in [2.45, 2.75) is 64.5 Å².